The van der Waals surface area contributed by atoms with Gasteiger partial charge in [0.05, 0.1) is 9.26 Å². The molecule has 0 amide bonds. The Morgan fingerprint density at radius 2 is 2.50 bits per heavy atom. The lowest BCUT2D eigenvalue weighted by Gasteiger charge is -2.27. The molecule has 14 heavy (non-hydrogen) atoms. The lowest BCUT2D eigenvalue weighted by molar-refractivity contribution is 0.788. The molecule has 0 saturated carbocycles. The molecule has 1 saturated heterocycles. The molecule has 1 atom stereocenters. The number of aromatic nitrogens is 1. The first kappa shape index (κ1) is 9.03. The predicted octanol–water partition coefficient (Wildman–Crippen LogP) is 2.34. The molecule has 1 aromatic rings. The maximum Gasteiger partial charge on any atom is 0.151 e. The molecule has 0 aliphatic carbocycles. The molecule has 74 valence electrons. The van der Waals surface area contributed by atoms with Crippen LogP contribution in [0.4, 0.5) is 11.5 Å². The fourth-order valence-electron chi connectivity index (χ4n) is 2.09. The molecule has 2 aliphatic heterocycles. The molecule has 3 heterocycles. The van der Waals surface area contributed by atoms with Crippen LogP contribution < -0.4 is 10.2 Å². The number of nitrogens with one attached hydrogen (secondary N) is 1. The minimum Gasteiger partial charge on any atom is -0.366 e. The van der Waals surface area contributed by atoms with E-state index in [4.69, 9.17) is 11.6 Å². The summed E-state index contributed by atoms with van der Waals surface area (Å²) in [6.07, 6.45) is 1.20. The van der Waals surface area contributed by atoms with Gasteiger partial charge in [-0.2, -0.15) is 0 Å². The zero-order valence-corrected chi connectivity index (χ0v) is 10.3. The fraction of sp³-hybridized carbons (Fsp3) is 0.444. The summed E-state index contributed by atoms with van der Waals surface area (Å²) in [5, 5.41) is 4.01. The van der Waals surface area contributed by atoms with Crippen molar-refractivity contribution >= 4 is 45.7 Å². The van der Waals surface area contributed by atoms with Gasteiger partial charge < -0.3 is 10.2 Å². The Bertz CT molecular complexity index is 396. The summed E-state index contributed by atoms with van der Waals surface area (Å²) in [6, 6.07) is 2.67. The maximum absolute atomic E-state index is 5.98. The van der Waals surface area contributed by atoms with Crippen molar-refractivity contribution in [3.63, 3.8) is 0 Å². The first-order valence-corrected chi connectivity index (χ1v) is 6.07. The van der Waals surface area contributed by atoms with Gasteiger partial charge in [-0.3, -0.25) is 0 Å². The summed E-state index contributed by atoms with van der Waals surface area (Å²) in [6.45, 7) is 2.23. The first-order valence-electron chi connectivity index (χ1n) is 4.61. The number of hydrogen-bond acceptors (Lipinski definition) is 3. The third-order valence-corrected chi connectivity index (χ3v) is 4.21. The van der Waals surface area contributed by atoms with E-state index in [2.05, 4.69) is 43.9 Å². The van der Waals surface area contributed by atoms with Crippen LogP contribution in [0.25, 0.3) is 0 Å². The van der Waals surface area contributed by atoms with Crippen LogP contribution in [-0.2, 0) is 0 Å². The summed E-state index contributed by atoms with van der Waals surface area (Å²) in [4.78, 5) is 6.74. The van der Waals surface area contributed by atoms with Crippen molar-refractivity contribution in [1.29, 1.82) is 0 Å². The topological polar surface area (TPSA) is 28.2 Å². The molecule has 3 rings (SSSR count). The SMILES string of the molecule is Clc1nc2c(cc1I)N1CC[C@@H](C1)N2. The van der Waals surface area contributed by atoms with Gasteiger partial charge in [-0.1, -0.05) is 11.6 Å². The summed E-state index contributed by atoms with van der Waals surface area (Å²) in [5.41, 5.74) is 1.20. The Morgan fingerprint density at radius 1 is 1.64 bits per heavy atom. The van der Waals surface area contributed by atoms with Gasteiger partial charge >= 0.3 is 0 Å². The molecule has 0 spiro atoms. The lowest BCUT2D eigenvalue weighted by Crippen LogP contribution is -2.32. The normalized spacial score (nSPS) is 23.3. The third-order valence-electron chi connectivity index (χ3n) is 2.78. The number of rotatable bonds is 0. The highest BCUT2D eigenvalue weighted by Crippen LogP contribution is 2.36. The van der Waals surface area contributed by atoms with Crippen molar-refractivity contribution < 1.29 is 0 Å². The first-order chi connectivity index (χ1) is 6.74. The van der Waals surface area contributed by atoms with E-state index >= 15 is 0 Å². The number of pyridine rings is 1. The molecule has 0 unspecified atom stereocenters. The monoisotopic (exact) mass is 321 g/mol. The molecule has 2 aliphatic rings. The molecule has 5 heteroatoms. The minimum absolute atomic E-state index is 0.561. The Balaban J connectivity index is 2.14. The standard InChI is InChI=1S/C9H9ClIN3/c10-8-6(11)3-7-9(13-8)12-5-1-2-14(7)4-5/h3,5H,1-2,4H2,(H,12,13)/t5-/m0/s1. The number of hydrogen-bond donors (Lipinski definition) is 1. The highest BCUT2D eigenvalue weighted by atomic mass is 127. The molecular formula is C9H9ClIN3. The van der Waals surface area contributed by atoms with Gasteiger partial charge in [0.25, 0.3) is 0 Å². The average molecular weight is 322 g/mol. The number of anilines is 2. The van der Waals surface area contributed by atoms with Crippen molar-refractivity contribution in [2.75, 3.05) is 23.3 Å². The van der Waals surface area contributed by atoms with Crippen molar-refractivity contribution in [2.24, 2.45) is 0 Å². The van der Waals surface area contributed by atoms with Crippen LogP contribution in [0, 0.1) is 3.57 Å². The smallest absolute Gasteiger partial charge is 0.151 e. The van der Waals surface area contributed by atoms with Crippen molar-refractivity contribution in [1.82, 2.24) is 4.98 Å². The van der Waals surface area contributed by atoms with Crippen LogP contribution in [0.15, 0.2) is 6.07 Å². The molecule has 0 aromatic carbocycles. The number of fused-ring (bicyclic) bond motifs is 4. The van der Waals surface area contributed by atoms with Gasteiger partial charge in [0.1, 0.15) is 5.15 Å². The van der Waals surface area contributed by atoms with E-state index in [-0.39, 0.29) is 0 Å². The van der Waals surface area contributed by atoms with E-state index in [0.29, 0.717) is 11.2 Å². The van der Waals surface area contributed by atoms with E-state index in [1.165, 1.54) is 12.1 Å². The molecule has 0 radical (unpaired) electrons. The van der Waals surface area contributed by atoms with Gasteiger partial charge in [0.2, 0.25) is 0 Å². The maximum atomic E-state index is 5.98. The van der Waals surface area contributed by atoms with Gasteiger partial charge in [0, 0.05) is 19.1 Å². The van der Waals surface area contributed by atoms with Crippen molar-refractivity contribution in [3.8, 4) is 0 Å². The van der Waals surface area contributed by atoms with Crippen LogP contribution in [0.5, 0.6) is 0 Å². The summed E-state index contributed by atoms with van der Waals surface area (Å²) < 4.78 is 1.02. The second-order valence-electron chi connectivity index (χ2n) is 3.70. The van der Waals surface area contributed by atoms with Gasteiger partial charge in [0.15, 0.2) is 5.82 Å². The molecule has 1 fully saturated rings. The quantitative estimate of drug-likeness (QED) is 0.587. The van der Waals surface area contributed by atoms with Gasteiger partial charge in [-0.25, -0.2) is 4.98 Å². The summed E-state index contributed by atoms with van der Waals surface area (Å²) in [7, 11) is 0. The van der Waals surface area contributed by atoms with Gasteiger partial charge in [-0.15, -0.1) is 0 Å². The largest absolute Gasteiger partial charge is 0.366 e. The average Bonchev–Trinajstić information content (AvgIpc) is 2.54. The Labute approximate surface area is 101 Å². The minimum atomic E-state index is 0.561. The van der Waals surface area contributed by atoms with Crippen molar-refractivity contribution in [2.45, 2.75) is 12.5 Å². The van der Waals surface area contributed by atoms with E-state index in [0.717, 1.165) is 22.5 Å². The zero-order chi connectivity index (χ0) is 9.71. The Hall–Kier alpha value is -0.230. The predicted molar refractivity (Wildman–Crippen MR) is 66.2 cm³/mol. The van der Waals surface area contributed by atoms with E-state index in [1.807, 2.05) is 0 Å². The van der Waals surface area contributed by atoms with Crippen LogP contribution >= 0.6 is 34.2 Å². The third kappa shape index (κ3) is 1.27. The number of halogens is 2. The lowest BCUT2D eigenvalue weighted by atomic mass is 10.2. The van der Waals surface area contributed by atoms with E-state index < -0.39 is 0 Å². The second-order valence-corrected chi connectivity index (χ2v) is 5.22. The summed E-state index contributed by atoms with van der Waals surface area (Å²) >= 11 is 8.21. The second kappa shape index (κ2) is 3.13. The van der Waals surface area contributed by atoms with E-state index in [9.17, 15) is 0 Å². The Kier molecular flexibility index (Phi) is 2.02. The van der Waals surface area contributed by atoms with Gasteiger partial charge in [-0.05, 0) is 35.1 Å². The van der Waals surface area contributed by atoms with Crippen LogP contribution in [-0.4, -0.2) is 24.1 Å². The van der Waals surface area contributed by atoms with Crippen molar-refractivity contribution in [3.05, 3.63) is 14.8 Å². The number of nitrogens with zero attached hydrogens (tertiary/aromatic N) is 2. The summed E-state index contributed by atoms with van der Waals surface area (Å²) in [5.74, 6) is 0.948. The Morgan fingerprint density at radius 3 is 3.36 bits per heavy atom. The van der Waals surface area contributed by atoms with Crippen LogP contribution in [0.2, 0.25) is 5.15 Å². The molecule has 1 N–H and O–H groups in total. The van der Waals surface area contributed by atoms with Crippen LogP contribution in [0.3, 0.4) is 0 Å². The highest BCUT2D eigenvalue weighted by molar-refractivity contribution is 14.1. The molecule has 1 aromatic heterocycles. The fourth-order valence-corrected chi connectivity index (χ4v) is 2.65. The van der Waals surface area contributed by atoms with Crippen LogP contribution in [0.1, 0.15) is 6.42 Å². The molecular weight excluding hydrogens is 312 g/mol. The zero-order valence-electron chi connectivity index (χ0n) is 7.43. The van der Waals surface area contributed by atoms with E-state index in [1.54, 1.807) is 0 Å². The highest BCUT2D eigenvalue weighted by Gasteiger charge is 2.31. The molecule has 3 nitrogen and oxygen atoms in total. The molecule has 2 bridgehead atoms.